The Morgan fingerprint density at radius 2 is 2.06 bits per heavy atom. The van der Waals surface area contributed by atoms with E-state index in [9.17, 15) is 4.39 Å². The molecule has 2 rings (SSSR count). The maximum atomic E-state index is 13.0. The molecule has 0 bridgehead atoms. The van der Waals surface area contributed by atoms with Gasteiger partial charge >= 0.3 is 0 Å². The number of nitrogens with two attached hydrogens (primary N) is 1. The van der Waals surface area contributed by atoms with E-state index in [2.05, 4.69) is 0 Å². The van der Waals surface area contributed by atoms with Crippen molar-refractivity contribution in [1.82, 2.24) is 0 Å². The maximum absolute atomic E-state index is 13.0. The molecule has 4 heteroatoms. The minimum atomic E-state index is -0.299. The topological polar surface area (TPSA) is 35.2 Å². The van der Waals surface area contributed by atoms with Crippen LogP contribution in [0.2, 0.25) is 5.02 Å². The van der Waals surface area contributed by atoms with E-state index in [0.29, 0.717) is 11.6 Å². The van der Waals surface area contributed by atoms with Crippen molar-refractivity contribution in [3.63, 3.8) is 0 Å². The SMILES string of the molecule is NCC1(Cc2ccc(F)cc2Cl)CCOCC1. The van der Waals surface area contributed by atoms with Gasteiger partial charge in [-0.3, -0.25) is 0 Å². The number of ether oxygens (including phenoxy) is 1. The van der Waals surface area contributed by atoms with E-state index in [4.69, 9.17) is 22.1 Å². The van der Waals surface area contributed by atoms with Crippen LogP contribution in [0.25, 0.3) is 0 Å². The van der Waals surface area contributed by atoms with Gasteiger partial charge in [-0.25, -0.2) is 4.39 Å². The van der Waals surface area contributed by atoms with Crippen molar-refractivity contribution in [3.05, 3.63) is 34.6 Å². The highest BCUT2D eigenvalue weighted by Crippen LogP contribution is 2.35. The van der Waals surface area contributed by atoms with Crippen LogP contribution in [0.15, 0.2) is 18.2 Å². The number of halogens is 2. The summed E-state index contributed by atoms with van der Waals surface area (Å²) < 4.78 is 18.3. The van der Waals surface area contributed by atoms with Crippen LogP contribution in [0, 0.1) is 11.2 Å². The molecule has 2 nitrogen and oxygen atoms in total. The number of benzene rings is 1. The molecule has 1 saturated heterocycles. The molecule has 94 valence electrons. The molecule has 2 N–H and O–H groups in total. The van der Waals surface area contributed by atoms with Gasteiger partial charge in [0.1, 0.15) is 5.82 Å². The lowest BCUT2D eigenvalue weighted by molar-refractivity contribution is 0.0191. The predicted octanol–water partition coefficient (Wildman–Crippen LogP) is 2.78. The van der Waals surface area contributed by atoms with Gasteiger partial charge in [-0.15, -0.1) is 0 Å². The molecule has 0 spiro atoms. The monoisotopic (exact) mass is 257 g/mol. The van der Waals surface area contributed by atoms with Crippen LogP contribution >= 0.6 is 11.6 Å². The average molecular weight is 258 g/mol. The van der Waals surface area contributed by atoms with Crippen molar-refractivity contribution in [3.8, 4) is 0 Å². The third-order valence-corrected chi connectivity index (χ3v) is 3.92. The molecular formula is C13H17ClFNO. The second kappa shape index (κ2) is 5.34. The predicted molar refractivity (Wildman–Crippen MR) is 66.7 cm³/mol. The maximum Gasteiger partial charge on any atom is 0.124 e. The van der Waals surface area contributed by atoms with Gasteiger partial charge in [0.2, 0.25) is 0 Å². The minimum absolute atomic E-state index is 0.0553. The molecule has 1 aromatic rings. The summed E-state index contributed by atoms with van der Waals surface area (Å²) in [5, 5.41) is 0.490. The lowest BCUT2D eigenvalue weighted by Crippen LogP contribution is -2.38. The summed E-state index contributed by atoms with van der Waals surface area (Å²) in [6.45, 7) is 2.11. The van der Waals surface area contributed by atoms with Crippen LogP contribution in [0.5, 0.6) is 0 Å². The molecule has 0 amide bonds. The number of rotatable bonds is 3. The lowest BCUT2D eigenvalue weighted by atomic mass is 9.75. The zero-order valence-corrected chi connectivity index (χ0v) is 10.5. The first-order chi connectivity index (χ1) is 8.15. The number of hydrogen-bond donors (Lipinski definition) is 1. The van der Waals surface area contributed by atoms with E-state index < -0.39 is 0 Å². The molecule has 0 aromatic heterocycles. The van der Waals surface area contributed by atoms with Gasteiger partial charge < -0.3 is 10.5 Å². The Hall–Kier alpha value is -0.640. The molecule has 0 atom stereocenters. The van der Waals surface area contributed by atoms with Gasteiger partial charge in [-0.1, -0.05) is 17.7 Å². The van der Waals surface area contributed by atoms with E-state index in [1.54, 1.807) is 6.07 Å². The van der Waals surface area contributed by atoms with Gasteiger partial charge in [-0.05, 0) is 48.9 Å². The van der Waals surface area contributed by atoms with E-state index in [0.717, 1.165) is 38.0 Å². The quantitative estimate of drug-likeness (QED) is 0.904. The third kappa shape index (κ3) is 2.97. The van der Waals surface area contributed by atoms with Gasteiger partial charge in [0.05, 0.1) is 0 Å². The molecule has 1 fully saturated rings. The Bertz CT molecular complexity index is 391. The smallest absolute Gasteiger partial charge is 0.124 e. The summed E-state index contributed by atoms with van der Waals surface area (Å²) in [7, 11) is 0. The second-order valence-corrected chi connectivity index (χ2v) is 5.14. The summed E-state index contributed by atoms with van der Waals surface area (Å²) in [5.41, 5.74) is 6.92. The highest BCUT2D eigenvalue weighted by atomic mass is 35.5. The van der Waals surface area contributed by atoms with Crippen LogP contribution in [0.3, 0.4) is 0 Å². The Kier molecular flexibility index (Phi) is 4.02. The Morgan fingerprint density at radius 1 is 1.35 bits per heavy atom. The van der Waals surface area contributed by atoms with Crippen LogP contribution in [-0.4, -0.2) is 19.8 Å². The number of hydrogen-bond acceptors (Lipinski definition) is 2. The summed E-state index contributed by atoms with van der Waals surface area (Å²) in [4.78, 5) is 0. The van der Waals surface area contributed by atoms with Gasteiger partial charge in [0.25, 0.3) is 0 Å². The molecule has 1 aliphatic heterocycles. The molecule has 0 unspecified atom stereocenters. The zero-order chi connectivity index (χ0) is 12.3. The Morgan fingerprint density at radius 3 is 2.65 bits per heavy atom. The van der Waals surface area contributed by atoms with E-state index >= 15 is 0 Å². The molecule has 0 saturated carbocycles. The van der Waals surface area contributed by atoms with Crippen LogP contribution in [0.1, 0.15) is 18.4 Å². The standard InChI is InChI=1S/C13H17ClFNO/c14-12-7-11(15)2-1-10(12)8-13(9-16)3-5-17-6-4-13/h1-2,7H,3-6,8-9,16H2. The van der Waals surface area contributed by atoms with Crippen molar-refractivity contribution >= 4 is 11.6 Å². The molecule has 1 aliphatic rings. The lowest BCUT2D eigenvalue weighted by Gasteiger charge is -2.36. The van der Waals surface area contributed by atoms with Crippen molar-refractivity contribution in [1.29, 1.82) is 0 Å². The Balaban J connectivity index is 2.17. The van der Waals surface area contributed by atoms with Crippen molar-refractivity contribution in [2.75, 3.05) is 19.8 Å². The van der Waals surface area contributed by atoms with Crippen LogP contribution < -0.4 is 5.73 Å². The summed E-state index contributed by atoms with van der Waals surface area (Å²) >= 11 is 6.06. The highest BCUT2D eigenvalue weighted by molar-refractivity contribution is 6.31. The van der Waals surface area contributed by atoms with Crippen molar-refractivity contribution < 1.29 is 9.13 Å². The molecule has 17 heavy (non-hydrogen) atoms. The fraction of sp³-hybridized carbons (Fsp3) is 0.538. The van der Waals surface area contributed by atoms with Gasteiger partial charge in [0, 0.05) is 18.2 Å². The molecule has 0 aliphatic carbocycles. The molecular weight excluding hydrogens is 241 g/mol. The van der Waals surface area contributed by atoms with E-state index in [-0.39, 0.29) is 11.2 Å². The van der Waals surface area contributed by atoms with Gasteiger partial charge in [-0.2, -0.15) is 0 Å². The van der Waals surface area contributed by atoms with Crippen molar-refractivity contribution in [2.24, 2.45) is 11.1 Å². The molecule has 1 heterocycles. The first-order valence-electron chi connectivity index (χ1n) is 5.87. The van der Waals surface area contributed by atoms with E-state index in [1.165, 1.54) is 12.1 Å². The summed E-state index contributed by atoms with van der Waals surface area (Å²) in [6.07, 6.45) is 2.68. The first kappa shape index (κ1) is 12.8. The Labute approximate surface area is 106 Å². The fourth-order valence-corrected chi connectivity index (χ4v) is 2.56. The second-order valence-electron chi connectivity index (χ2n) is 4.73. The van der Waals surface area contributed by atoms with Crippen LogP contribution in [0.4, 0.5) is 4.39 Å². The first-order valence-corrected chi connectivity index (χ1v) is 6.25. The van der Waals surface area contributed by atoms with Crippen molar-refractivity contribution in [2.45, 2.75) is 19.3 Å². The minimum Gasteiger partial charge on any atom is -0.381 e. The molecule has 1 aromatic carbocycles. The third-order valence-electron chi connectivity index (χ3n) is 3.57. The average Bonchev–Trinajstić information content (AvgIpc) is 2.34. The summed E-state index contributed by atoms with van der Waals surface area (Å²) in [6, 6.07) is 4.57. The van der Waals surface area contributed by atoms with E-state index in [1.807, 2.05) is 0 Å². The normalized spacial score (nSPS) is 19.2. The highest BCUT2D eigenvalue weighted by Gasteiger charge is 2.31. The van der Waals surface area contributed by atoms with Gasteiger partial charge in [0.15, 0.2) is 0 Å². The molecule has 0 radical (unpaired) electrons. The van der Waals surface area contributed by atoms with Crippen LogP contribution in [-0.2, 0) is 11.2 Å². The fourth-order valence-electron chi connectivity index (χ4n) is 2.33. The summed E-state index contributed by atoms with van der Waals surface area (Å²) in [5.74, 6) is -0.299. The zero-order valence-electron chi connectivity index (χ0n) is 9.72. The largest absolute Gasteiger partial charge is 0.381 e.